The van der Waals surface area contributed by atoms with Crippen molar-refractivity contribution in [2.24, 2.45) is 0 Å². The van der Waals surface area contributed by atoms with Crippen LogP contribution in [0.15, 0.2) is 36.4 Å². The highest BCUT2D eigenvalue weighted by Gasteiger charge is 2.57. The molecule has 0 unspecified atom stereocenters. The number of benzene rings is 2. The number of aliphatic carboxylic acids is 2. The number of nitrogens with zero attached hydrogens (tertiary/aromatic N) is 1. The minimum atomic E-state index is -3.97. The van der Waals surface area contributed by atoms with E-state index in [0.29, 0.717) is 42.4 Å². The zero-order valence-corrected chi connectivity index (χ0v) is 27.2. The maximum Gasteiger partial charge on any atom is 0.414 e. The number of hydrogen-bond donors (Lipinski definition) is 2. The van der Waals surface area contributed by atoms with Crippen LogP contribution in [0.3, 0.4) is 0 Å². The number of hydrogen-bond acceptors (Lipinski definition) is 11. The quantitative estimate of drug-likeness (QED) is 0.237. The topological polar surface area (TPSA) is 183 Å². The van der Waals surface area contributed by atoms with Gasteiger partial charge in [0.2, 0.25) is 0 Å². The molecule has 0 aliphatic carbocycles. The summed E-state index contributed by atoms with van der Waals surface area (Å²) < 4.78 is 73.2. The number of unbranched alkanes of at least 4 members (excludes halogenated alkanes) is 1. The molecule has 13 nitrogen and oxygen atoms in total. The summed E-state index contributed by atoms with van der Waals surface area (Å²) in [6.07, 6.45) is 2.00. The highest BCUT2D eigenvalue weighted by Crippen LogP contribution is 2.47. The molecule has 0 amide bonds. The normalized spacial score (nSPS) is 16.2. The smallest absolute Gasteiger partial charge is 0.414 e. The van der Waals surface area contributed by atoms with Gasteiger partial charge in [0.1, 0.15) is 0 Å². The Balaban J connectivity index is 0.00000102. The first kappa shape index (κ1) is 36.6. The van der Waals surface area contributed by atoms with Crippen molar-refractivity contribution < 1.29 is 55.6 Å². The number of carboxylic acids is 2. The highest BCUT2D eigenvalue weighted by molar-refractivity contribution is 8.10. The Morgan fingerprint density at radius 2 is 1.25 bits per heavy atom. The van der Waals surface area contributed by atoms with E-state index < -0.39 is 35.7 Å². The van der Waals surface area contributed by atoms with Crippen LogP contribution in [0.4, 0.5) is 0 Å². The summed E-state index contributed by atoms with van der Waals surface area (Å²) in [5.74, 6) is -1.89. The van der Waals surface area contributed by atoms with E-state index in [9.17, 15) is 16.8 Å². The Bertz CT molecular complexity index is 1460. The van der Waals surface area contributed by atoms with Crippen molar-refractivity contribution in [1.82, 2.24) is 4.90 Å². The second-order valence-electron chi connectivity index (χ2n) is 10.1. The van der Waals surface area contributed by atoms with Gasteiger partial charge in [-0.15, -0.1) is 0 Å². The van der Waals surface area contributed by atoms with Crippen LogP contribution in [0.1, 0.15) is 36.8 Å². The summed E-state index contributed by atoms with van der Waals surface area (Å²) in [6, 6.07) is 10.4. The first-order chi connectivity index (χ1) is 20.7. The fourth-order valence-corrected chi connectivity index (χ4v) is 10.9. The molecule has 0 saturated carbocycles. The molecular weight excluding hydrogens is 618 g/mol. The zero-order chi connectivity index (χ0) is 33.1. The van der Waals surface area contributed by atoms with Gasteiger partial charge in [-0.05, 0) is 81.1 Å². The summed E-state index contributed by atoms with van der Waals surface area (Å²) >= 11 is 0. The Morgan fingerprint density at radius 3 is 1.75 bits per heavy atom. The van der Waals surface area contributed by atoms with Gasteiger partial charge in [-0.1, -0.05) is 12.1 Å². The molecule has 1 saturated heterocycles. The molecule has 0 spiro atoms. The molecule has 3 rings (SSSR count). The molecule has 246 valence electrons. The summed E-state index contributed by atoms with van der Waals surface area (Å²) in [4.78, 5) is 20.4. The lowest BCUT2D eigenvalue weighted by atomic mass is 10.0. The van der Waals surface area contributed by atoms with E-state index in [2.05, 4.69) is 4.90 Å². The third-order valence-electron chi connectivity index (χ3n) is 7.36. The van der Waals surface area contributed by atoms with Crippen LogP contribution in [0.25, 0.3) is 0 Å². The summed E-state index contributed by atoms with van der Waals surface area (Å²) in [7, 11) is 0.183. The Hall–Kier alpha value is -3.56. The van der Waals surface area contributed by atoms with Crippen LogP contribution in [0, 0.1) is 0 Å². The van der Waals surface area contributed by atoms with Crippen molar-refractivity contribution in [3.8, 4) is 23.0 Å². The minimum absolute atomic E-state index is 0.00331. The Kier molecular flexibility index (Phi) is 13.3. The molecule has 15 heteroatoms. The molecule has 0 aromatic heterocycles. The molecular formula is C29H41NO12S2. The van der Waals surface area contributed by atoms with E-state index in [4.69, 9.17) is 38.7 Å². The number of methoxy groups -OCH3 is 4. The van der Waals surface area contributed by atoms with Gasteiger partial charge < -0.3 is 34.1 Å². The third kappa shape index (κ3) is 8.54. The predicted molar refractivity (Wildman–Crippen MR) is 163 cm³/mol. The number of likely N-dealkylation sites (N-methyl/N-ethyl adjacent to an activating group) is 1. The molecule has 1 aliphatic rings. The summed E-state index contributed by atoms with van der Waals surface area (Å²) in [6.45, 7) is 1.49. The predicted octanol–water partition coefficient (Wildman–Crippen LogP) is 2.61. The average Bonchev–Trinajstić information content (AvgIpc) is 2.98. The lowest BCUT2D eigenvalue weighted by Gasteiger charge is -2.37. The average molecular weight is 660 g/mol. The van der Waals surface area contributed by atoms with E-state index >= 15 is 0 Å². The van der Waals surface area contributed by atoms with Crippen molar-refractivity contribution in [3.05, 3.63) is 47.5 Å². The Morgan fingerprint density at radius 1 is 0.750 bits per heavy atom. The van der Waals surface area contributed by atoms with Gasteiger partial charge in [-0.25, -0.2) is 26.4 Å². The van der Waals surface area contributed by atoms with Crippen LogP contribution < -0.4 is 18.9 Å². The zero-order valence-electron chi connectivity index (χ0n) is 25.6. The maximum atomic E-state index is 13.5. The number of sulfone groups is 2. The molecule has 0 radical (unpaired) electrons. The van der Waals surface area contributed by atoms with E-state index in [1.165, 1.54) is 26.4 Å². The van der Waals surface area contributed by atoms with Crippen molar-refractivity contribution in [2.45, 2.75) is 36.2 Å². The SMILES string of the molecule is COc1ccc(CCN(C)CCCCC2(c3ccc(OC)c(OC)c3)S(=O)(=O)CCCS2(=O)=O)cc1OC.O=C(O)C(=O)O. The summed E-state index contributed by atoms with van der Waals surface area (Å²) in [5, 5.41) is 14.8. The second kappa shape index (κ2) is 16.0. The van der Waals surface area contributed by atoms with E-state index in [-0.39, 0.29) is 29.9 Å². The Labute approximate surface area is 258 Å². The van der Waals surface area contributed by atoms with Crippen LogP contribution in [0.5, 0.6) is 23.0 Å². The van der Waals surface area contributed by atoms with Crippen LogP contribution >= 0.6 is 0 Å². The third-order valence-corrected chi connectivity index (χ3v) is 13.4. The molecule has 0 atom stereocenters. The van der Waals surface area contributed by atoms with Crippen LogP contribution in [-0.4, -0.2) is 104 Å². The minimum Gasteiger partial charge on any atom is -0.493 e. The van der Waals surface area contributed by atoms with Gasteiger partial charge in [-0.3, -0.25) is 0 Å². The molecule has 1 fully saturated rings. The number of carbonyl (C=O) groups is 2. The van der Waals surface area contributed by atoms with Crippen molar-refractivity contribution >= 4 is 31.6 Å². The largest absolute Gasteiger partial charge is 0.493 e. The lowest BCUT2D eigenvalue weighted by molar-refractivity contribution is -0.159. The van der Waals surface area contributed by atoms with E-state index in [1.54, 1.807) is 20.3 Å². The molecule has 2 N–H and O–H groups in total. The second-order valence-corrected chi connectivity index (χ2v) is 15.1. The monoisotopic (exact) mass is 659 g/mol. The number of carboxylic acid groups (broad SMARTS) is 2. The number of ether oxygens (including phenoxy) is 4. The van der Waals surface area contributed by atoms with Crippen LogP contribution in [0.2, 0.25) is 0 Å². The molecule has 2 aromatic carbocycles. The first-order valence-corrected chi connectivity index (χ1v) is 17.0. The van der Waals surface area contributed by atoms with Gasteiger partial charge in [0.15, 0.2) is 46.8 Å². The first-order valence-electron chi connectivity index (χ1n) is 13.7. The molecule has 1 heterocycles. The van der Waals surface area contributed by atoms with E-state index in [1.807, 2.05) is 25.2 Å². The molecule has 0 bridgehead atoms. The summed E-state index contributed by atoms with van der Waals surface area (Å²) in [5.41, 5.74) is 1.33. The number of rotatable bonds is 13. The van der Waals surface area contributed by atoms with E-state index in [0.717, 1.165) is 18.5 Å². The molecule has 44 heavy (non-hydrogen) atoms. The molecule has 2 aromatic rings. The van der Waals surface area contributed by atoms with Crippen LogP contribution in [-0.2, 0) is 39.8 Å². The highest BCUT2D eigenvalue weighted by atomic mass is 32.3. The maximum absolute atomic E-state index is 13.5. The standard InChI is InChI=1S/C27H39NO8S2.C2H2O4/c1-28(16-13-21-9-11-23(33-2)25(19-21)35-4)15-7-6-14-27(37(29,30)17-8-18-38(27,31)32)22-10-12-24(34-3)26(20-22)36-5;3-1(4)2(5)6/h9-12,19-20H,6-8,13-18H2,1-5H3;(H,3,4)(H,5,6). The van der Waals surface area contributed by atoms with Crippen molar-refractivity contribution in [1.29, 1.82) is 0 Å². The van der Waals surface area contributed by atoms with Gasteiger partial charge in [0.25, 0.3) is 0 Å². The van der Waals surface area contributed by atoms with Crippen molar-refractivity contribution in [3.63, 3.8) is 0 Å². The van der Waals surface area contributed by atoms with Gasteiger partial charge in [-0.2, -0.15) is 0 Å². The van der Waals surface area contributed by atoms with Gasteiger partial charge in [0, 0.05) is 6.54 Å². The van der Waals surface area contributed by atoms with Gasteiger partial charge >= 0.3 is 11.9 Å². The fraction of sp³-hybridized carbons (Fsp3) is 0.517. The van der Waals surface area contributed by atoms with Crippen molar-refractivity contribution in [2.75, 3.05) is 60.1 Å². The molecule has 1 aliphatic heterocycles. The van der Waals surface area contributed by atoms with Gasteiger partial charge in [0.05, 0.1) is 39.9 Å². The lowest BCUT2D eigenvalue weighted by Crippen LogP contribution is -2.49. The fourth-order valence-electron chi connectivity index (χ4n) is 5.06.